The molecule has 0 radical (unpaired) electrons. The van der Waals surface area contributed by atoms with E-state index >= 15 is 0 Å². The van der Waals surface area contributed by atoms with Crippen LogP contribution >= 0.6 is 0 Å². The van der Waals surface area contributed by atoms with Crippen molar-refractivity contribution in [1.82, 2.24) is 23.5 Å². The van der Waals surface area contributed by atoms with Gasteiger partial charge in [0, 0.05) is 18.8 Å². The quantitative estimate of drug-likeness (QED) is 0.504. The van der Waals surface area contributed by atoms with Gasteiger partial charge in [-0.15, -0.1) is 0 Å². The molecule has 144 valence electrons. The summed E-state index contributed by atoms with van der Waals surface area (Å²) in [5.74, 6) is 0.157. The van der Waals surface area contributed by atoms with E-state index in [9.17, 15) is 14.0 Å². The Morgan fingerprint density at radius 1 is 1.03 bits per heavy atom. The predicted octanol–water partition coefficient (Wildman–Crippen LogP) is 2.78. The van der Waals surface area contributed by atoms with Crippen molar-refractivity contribution >= 4 is 16.9 Å². The summed E-state index contributed by atoms with van der Waals surface area (Å²) in [6.07, 6.45) is 1.78. The molecule has 3 heterocycles. The van der Waals surface area contributed by atoms with E-state index in [-0.39, 0.29) is 11.3 Å². The molecule has 0 fully saturated rings. The number of para-hydroxylation sites is 1. The monoisotopic (exact) mass is 389 g/mol. The van der Waals surface area contributed by atoms with Crippen molar-refractivity contribution in [2.45, 2.75) is 6.92 Å². The number of fused-ring (bicyclic) bond motifs is 3. The van der Waals surface area contributed by atoms with Gasteiger partial charge in [-0.1, -0.05) is 18.2 Å². The molecule has 0 amide bonds. The first kappa shape index (κ1) is 17.2. The van der Waals surface area contributed by atoms with Crippen molar-refractivity contribution < 1.29 is 4.39 Å². The summed E-state index contributed by atoms with van der Waals surface area (Å²) in [6, 6.07) is 13.9. The van der Waals surface area contributed by atoms with Crippen molar-refractivity contribution in [3.8, 4) is 16.9 Å². The van der Waals surface area contributed by atoms with Gasteiger partial charge < -0.3 is 0 Å². The highest BCUT2D eigenvalue weighted by atomic mass is 19.1. The summed E-state index contributed by atoms with van der Waals surface area (Å²) in [4.78, 5) is 31.5. The molecule has 29 heavy (non-hydrogen) atoms. The molecule has 0 unspecified atom stereocenters. The number of rotatable bonds is 2. The Labute approximate surface area is 163 Å². The van der Waals surface area contributed by atoms with Gasteiger partial charge >= 0.3 is 5.69 Å². The van der Waals surface area contributed by atoms with Gasteiger partial charge in [0.25, 0.3) is 5.56 Å². The summed E-state index contributed by atoms with van der Waals surface area (Å²) < 4.78 is 18.4. The number of hydrogen-bond acceptors (Lipinski definition) is 3. The predicted molar refractivity (Wildman–Crippen MR) is 108 cm³/mol. The molecule has 0 aliphatic rings. The molecule has 3 aromatic heterocycles. The highest BCUT2D eigenvalue weighted by molar-refractivity contribution is 5.79. The molecular weight excluding hydrogens is 373 g/mol. The molecule has 0 aliphatic carbocycles. The molecule has 0 aliphatic heterocycles. The lowest BCUT2D eigenvalue weighted by Gasteiger charge is -2.11. The van der Waals surface area contributed by atoms with Gasteiger partial charge in [0.15, 0.2) is 11.2 Å². The summed E-state index contributed by atoms with van der Waals surface area (Å²) in [6.45, 7) is 1.98. The molecule has 5 rings (SSSR count). The molecule has 0 spiro atoms. The second kappa shape index (κ2) is 6.03. The fourth-order valence-electron chi connectivity index (χ4n) is 3.63. The van der Waals surface area contributed by atoms with Crippen molar-refractivity contribution in [3.05, 3.63) is 86.9 Å². The second-order valence-electron chi connectivity index (χ2n) is 6.92. The molecule has 0 saturated heterocycles. The maximum absolute atomic E-state index is 13.5. The zero-order valence-corrected chi connectivity index (χ0v) is 15.7. The molecule has 1 N–H and O–H groups in total. The number of halogens is 1. The average molecular weight is 389 g/mol. The minimum atomic E-state index is -0.524. The van der Waals surface area contributed by atoms with Crippen molar-refractivity contribution in [2.75, 3.05) is 0 Å². The maximum atomic E-state index is 13.5. The van der Waals surface area contributed by atoms with Crippen molar-refractivity contribution in [1.29, 1.82) is 0 Å². The van der Waals surface area contributed by atoms with Crippen LogP contribution in [0.15, 0.2) is 64.3 Å². The SMILES string of the molecule is Cc1ccccc1-n1c(-c2ccc(F)cc2)cn2c3c(=O)[nH]c(=O)n(C)c3nc12. The lowest BCUT2D eigenvalue weighted by Crippen LogP contribution is -2.28. The van der Waals surface area contributed by atoms with E-state index in [2.05, 4.69) is 9.97 Å². The van der Waals surface area contributed by atoms with E-state index in [1.165, 1.54) is 16.7 Å². The lowest BCUT2D eigenvalue weighted by atomic mass is 10.1. The van der Waals surface area contributed by atoms with Gasteiger partial charge in [-0.2, -0.15) is 4.98 Å². The average Bonchev–Trinajstić information content (AvgIpc) is 3.24. The Kier molecular flexibility index (Phi) is 3.57. The zero-order chi connectivity index (χ0) is 20.3. The number of hydrogen-bond donors (Lipinski definition) is 1. The molecular formula is C21H16FN5O2. The number of nitrogens with one attached hydrogen (secondary N) is 1. The molecule has 5 aromatic rings. The highest BCUT2D eigenvalue weighted by Crippen LogP contribution is 2.30. The Hall–Kier alpha value is -3.94. The normalized spacial score (nSPS) is 11.6. The van der Waals surface area contributed by atoms with Crippen LogP contribution in [0, 0.1) is 12.7 Å². The van der Waals surface area contributed by atoms with E-state index in [0.717, 1.165) is 22.5 Å². The third kappa shape index (κ3) is 2.46. The van der Waals surface area contributed by atoms with Crippen molar-refractivity contribution in [2.24, 2.45) is 7.05 Å². The number of aromatic nitrogens is 5. The largest absolute Gasteiger partial charge is 0.329 e. The van der Waals surface area contributed by atoms with Crippen molar-refractivity contribution in [3.63, 3.8) is 0 Å². The zero-order valence-electron chi connectivity index (χ0n) is 15.7. The number of imidazole rings is 2. The topological polar surface area (TPSA) is 77.1 Å². The second-order valence-corrected chi connectivity index (χ2v) is 6.92. The lowest BCUT2D eigenvalue weighted by molar-refractivity contribution is 0.628. The van der Waals surface area contributed by atoms with Crippen LogP contribution in [0.3, 0.4) is 0 Å². The van der Waals surface area contributed by atoms with Gasteiger partial charge in [-0.05, 0) is 42.8 Å². The van der Waals surface area contributed by atoms with Crippen LogP contribution in [0.5, 0.6) is 0 Å². The van der Waals surface area contributed by atoms with Gasteiger partial charge in [-0.25, -0.2) is 9.18 Å². The first-order valence-corrected chi connectivity index (χ1v) is 9.00. The first-order valence-electron chi connectivity index (χ1n) is 9.00. The summed E-state index contributed by atoms with van der Waals surface area (Å²) in [5.41, 5.74) is 2.93. The minimum Gasteiger partial charge on any atom is -0.279 e. The molecule has 0 atom stereocenters. The summed E-state index contributed by atoms with van der Waals surface area (Å²) >= 11 is 0. The van der Waals surface area contributed by atoms with Crippen LogP contribution in [0.1, 0.15) is 5.56 Å². The van der Waals surface area contributed by atoms with Gasteiger partial charge in [0.05, 0.1) is 11.4 Å². The standard InChI is InChI=1S/C21H16FN5O2/c1-12-5-3-4-6-15(12)27-16(13-7-9-14(22)10-8-13)11-26-17-18(23-20(26)27)25(2)21(29)24-19(17)28/h3-11H,1-2H3,(H,24,28,29). The third-order valence-corrected chi connectivity index (χ3v) is 5.12. The molecule has 2 aromatic carbocycles. The Balaban J connectivity index is 1.97. The molecule has 0 bridgehead atoms. The Morgan fingerprint density at radius 2 is 1.76 bits per heavy atom. The number of H-pyrrole nitrogens is 1. The van der Waals surface area contributed by atoms with Crippen LogP contribution < -0.4 is 11.2 Å². The van der Waals surface area contributed by atoms with E-state index in [4.69, 9.17) is 0 Å². The van der Waals surface area contributed by atoms with Crippen LogP contribution in [0.25, 0.3) is 33.9 Å². The Morgan fingerprint density at radius 3 is 2.48 bits per heavy atom. The first-order chi connectivity index (χ1) is 14.0. The van der Waals surface area contributed by atoms with E-state index < -0.39 is 11.2 Å². The number of aromatic amines is 1. The summed E-state index contributed by atoms with van der Waals surface area (Å²) in [7, 11) is 1.56. The van der Waals surface area contributed by atoms with Gasteiger partial charge in [0.1, 0.15) is 5.82 Å². The van der Waals surface area contributed by atoms with Gasteiger partial charge in [0.2, 0.25) is 5.78 Å². The fourth-order valence-corrected chi connectivity index (χ4v) is 3.63. The van der Waals surface area contributed by atoms with Crippen LogP contribution in [-0.2, 0) is 7.05 Å². The third-order valence-electron chi connectivity index (χ3n) is 5.12. The Bertz CT molecular complexity index is 1520. The smallest absolute Gasteiger partial charge is 0.279 e. The molecule has 8 heteroatoms. The van der Waals surface area contributed by atoms with Crippen LogP contribution in [-0.4, -0.2) is 23.5 Å². The molecule has 0 saturated carbocycles. The van der Waals surface area contributed by atoms with E-state index in [1.807, 2.05) is 35.8 Å². The van der Waals surface area contributed by atoms with E-state index in [0.29, 0.717) is 11.4 Å². The van der Waals surface area contributed by atoms with Crippen LogP contribution in [0.2, 0.25) is 0 Å². The van der Waals surface area contributed by atoms with Gasteiger partial charge in [-0.3, -0.25) is 23.3 Å². The number of aryl methyl sites for hydroxylation is 2. The number of nitrogens with zero attached hydrogens (tertiary/aromatic N) is 4. The summed E-state index contributed by atoms with van der Waals surface area (Å²) in [5, 5.41) is 0. The highest BCUT2D eigenvalue weighted by Gasteiger charge is 2.21. The maximum Gasteiger partial charge on any atom is 0.329 e. The molecule has 7 nitrogen and oxygen atoms in total. The fraction of sp³-hybridized carbons (Fsp3) is 0.0952. The van der Waals surface area contributed by atoms with Crippen LogP contribution in [0.4, 0.5) is 4.39 Å². The van der Waals surface area contributed by atoms with E-state index in [1.54, 1.807) is 29.8 Å². The minimum absolute atomic E-state index is 0.276. The number of benzene rings is 2.